The summed E-state index contributed by atoms with van der Waals surface area (Å²) < 4.78 is 79.4. The van der Waals surface area contributed by atoms with Crippen molar-refractivity contribution in [2.24, 2.45) is 0 Å². The molecule has 1 aromatic heterocycles. The molecule has 206 valence electrons. The number of hydrogen-bond donors (Lipinski definition) is 0. The van der Waals surface area contributed by atoms with E-state index in [1.165, 1.54) is 26.5 Å². The fraction of sp³-hybridized carbons (Fsp3) is 0.205. The predicted molar refractivity (Wildman–Crippen MR) is 175 cm³/mol. The van der Waals surface area contributed by atoms with Crippen LogP contribution in [0.3, 0.4) is 0 Å². The zero-order valence-corrected chi connectivity index (χ0v) is 24.2. The van der Waals surface area contributed by atoms with Gasteiger partial charge in [0.1, 0.15) is 12.8 Å². The van der Waals surface area contributed by atoms with Gasteiger partial charge in [-0.3, -0.25) is 0 Å². The number of fused-ring (bicyclic) bond motifs is 7. The first kappa shape index (κ1) is 18.0. The summed E-state index contributed by atoms with van der Waals surface area (Å²) in [6.45, 7) is 8.84. The van der Waals surface area contributed by atoms with E-state index >= 15 is 0 Å². The molecular formula is C39H35N2O+. The molecule has 42 heavy (non-hydrogen) atoms. The molecule has 0 radical (unpaired) electrons. The van der Waals surface area contributed by atoms with Crippen molar-refractivity contribution in [3.8, 4) is 11.4 Å². The van der Waals surface area contributed by atoms with Gasteiger partial charge in [0.05, 0.1) is 27.9 Å². The maximum atomic E-state index is 8.89. The van der Waals surface area contributed by atoms with Crippen LogP contribution in [0.25, 0.3) is 38.3 Å². The highest BCUT2D eigenvalue weighted by molar-refractivity contribution is 6.10. The number of aromatic nitrogens is 1. The molecule has 0 spiro atoms. The van der Waals surface area contributed by atoms with Crippen LogP contribution in [0.1, 0.15) is 59.9 Å². The minimum absolute atomic E-state index is 0.0506. The van der Waals surface area contributed by atoms with Gasteiger partial charge in [-0.25, -0.2) is 4.58 Å². The first-order chi connectivity index (χ1) is 23.6. The lowest BCUT2D eigenvalue weighted by molar-refractivity contribution is -0.427. The number of ether oxygens (including phenoxy) is 1. The average Bonchev–Trinajstić information content (AvgIpc) is 3.64. The molecule has 0 N–H and O–H groups in total. The minimum Gasteiger partial charge on any atom is -0.478 e. The third-order valence-electron chi connectivity index (χ3n) is 8.79. The molecule has 0 amide bonds. The molecule has 2 atom stereocenters. The maximum Gasteiger partial charge on any atom is 0.230 e. The number of para-hydroxylation sites is 2. The van der Waals surface area contributed by atoms with E-state index in [0.717, 1.165) is 16.8 Å². The Morgan fingerprint density at radius 2 is 1.50 bits per heavy atom. The zero-order valence-electron chi connectivity index (χ0n) is 32.2. The molecule has 0 fully saturated rings. The van der Waals surface area contributed by atoms with Crippen molar-refractivity contribution in [3.63, 3.8) is 0 Å². The molecule has 6 aromatic rings. The molecule has 8 rings (SSSR count). The Hall–Kier alpha value is -4.63. The van der Waals surface area contributed by atoms with Crippen molar-refractivity contribution < 1.29 is 20.3 Å². The van der Waals surface area contributed by atoms with Crippen LogP contribution in [0, 0.1) is 6.92 Å². The summed E-state index contributed by atoms with van der Waals surface area (Å²) >= 11 is 0. The van der Waals surface area contributed by atoms with Gasteiger partial charge in [-0.15, -0.1) is 0 Å². The molecule has 0 bridgehead atoms. The van der Waals surface area contributed by atoms with Gasteiger partial charge < -0.3 is 9.30 Å². The Bertz CT molecular complexity index is 2500. The van der Waals surface area contributed by atoms with Crippen LogP contribution >= 0.6 is 0 Å². The largest absolute Gasteiger partial charge is 0.478 e. The molecular weight excluding hydrogens is 512 g/mol. The number of nitrogens with zero attached hydrogens (tertiary/aromatic N) is 2. The molecule has 0 aliphatic carbocycles. The lowest BCUT2D eigenvalue weighted by Crippen LogP contribution is -2.38. The lowest BCUT2D eigenvalue weighted by Gasteiger charge is -2.26. The number of benzene rings is 5. The van der Waals surface area contributed by atoms with Crippen LogP contribution in [0.15, 0.2) is 109 Å². The fourth-order valence-electron chi connectivity index (χ4n) is 6.78. The van der Waals surface area contributed by atoms with E-state index in [2.05, 4.69) is 74.9 Å². The Morgan fingerprint density at radius 1 is 0.833 bits per heavy atom. The highest BCUT2D eigenvalue weighted by Crippen LogP contribution is 2.45. The molecule has 3 nitrogen and oxygen atoms in total. The zero-order chi connectivity index (χ0) is 35.7. The second kappa shape index (κ2) is 8.93. The average molecular weight is 556 g/mol. The molecule has 3 heteroatoms. The van der Waals surface area contributed by atoms with Crippen molar-refractivity contribution in [1.82, 2.24) is 4.57 Å². The fourth-order valence-corrected chi connectivity index (χ4v) is 6.78. The molecule has 2 aliphatic rings. The second-order valence-electron chi connectivity index (χ2n) is 12.3. The summed E-state index contributed by atoms with van der Waals surface area (Å²) in [6, 6.07) is 13.2. The summed E-state index contributed by atoms with van der Waals surface area (Å²) in [5.41, 5.74) is 6.04. The highest BCUT2D eigenvalue weighted by Gasteiger charge is 2.44. The quantitative estimate of drug-likeness (QED) is 0.195. The highest BCUT2D eigenvalue weighted by atomic mass is 16.5. The topological polar surface area (TPSA) is 17.2 Å². The minimum atomic E-state index is -0.465. The van der Waals surface area contributed by atoms with Crippen molar-refractivity contribution >= 4 is 38.3 Å². The van der Waals surface area contributed by atoms with E-state index in [1.807, 2.05) is 25.2 Å². The molecule has 3 heterocycles. The van der Waals surface area contributed by atoms with Crippen molar-refractivity contribution in [3.05, 3.63) is 131 Å². The van der Waals surface area contributed by atoms with Gasteiger partial charge in [0.2, 0.25) is 5.71 Å². The lowest BCUT2D eigenvalue weighted by atomic mass is 9.79. The van der Waals surface area contributed by atoms with E-state index < -0.39 is 24.2 Å². The Morgan fingerprint density at radius 3 is 2.19 bits per heavy atom. The molecule has 0 saturated carbocycles. The first-order valence-electron chi connectivity index (χ1n) is 18.3. The Balaban J connectivity index is 1.34. The monoisotopic (exact) mass is 555 g/mol. The van der Waals surface area contributed by atoms with E-state index in [4.69, 9.17) is 15.7 Å². The van der Waals surface area contributed by atoms with Crippen LogP contribution in [0.5, 0.6) is 5.75 Å². The van der Waals surface area contributed by atoms with Gasteiger partial charge in [-0.1, -0.05) is 87.4 Å². The summed E-state index contributed by atoms with van der Waals surface area (Å²) in [5.74, 6) is 0.503. The smallest absolute Gasteiger partial charge is 0.230 e. The summed E-state index contributed by atoms with van der Waals surface area (Å²) in [5, 5.41) is 2.53. The SMILES string of the molecule is [2H]c1c([2H])c([2H])c2c(c1[2H])c1c([2H])c([2H])c([2H])c([2H])c1n2-c1ccc2c(c1)OC1C(c3cc(C(C)(C)C)c4ccccc4c3C)=[N+](C)C=CC21. The normalized spacial score (nSPS) is 20.8. The second-order valence-corrected chi connectivity index (χ2v) is 12.3. The molecule has 2 unspecified atom stereocenters. The van der Waals surface area contributed by atoms with E-state index in [-0.39, 0.29) is 63.4 Å². The van der Waals surface area contributed by atoms with Crippen molar-refractivity contribution in [2.75, 3.05) is 7.05 Å². The predicted octanol–water partition coefficient (Wildman–Crippen LogP) is 9.05. The van der Waals surface area contributed by atoms with Gasteiger partial charge in [-0.2, -0.15) is 0 Å². The van der Waals surface area contributed by atoms with Gasteiger partial charge in [0, 0.05) is 33.7 Å². The van der Waals surface area contributed by atoms with Crippen LogP contribution < -0.4 is 4.74 Å². The van der Waals surface area contributed by atoms with Crippen molar-refractivity contribution in [1.29, 1.82) is 0 Å². The van der Waals surface area contributed by atoms with Crippen molar-refractivity contribution in [2.45, 2.75) is 45.1 Å². The Labute approximate surface area is 258 Å². The van der Waals surface area contributed by atoms with Crippen LogP contribution in [0.4, 0.5) is 0 Å². The van der Waals surface area contributed by atoms with Gasteiger partial charge >= 0.3 is 0 Å². The van der Waals surface area contributed by atoms with Gasteiger partial charge in [0.25, 0.3) is 0 Å². The van der Waals surface area contributed by atoms with Gasteiger partial charge in [-0.05, 0) is 64.5 Å². The standard InChI is InChI=1S/C39H35N2O/c1-24-26-12-6-7-13-27(26)33(39(2,3)4)23-32(24)37-38-31(20-21-40(37)5)30-19-18-25(22-36(30)42-38)41-34-16-10-8-14-28(34)29-15-9-11-17-35(29)41/h6-23,31,38H,1-5H3/q+1/i8D,9D,10D,11D,14D,15D,16D,17D. The summed E-state index contributed by atoms with van der Waals surface area (Å²) in [6.07, 6.45) is 3.86. The van der Waals surface area contributed by atoms with E-state index in [0.29, 0.717) is 11.4 Å². The van der Waals surface area contributed by atoms with E-state index in [9.17, 15) is 0 Å². The van der Waals surface area contributed by atoms with Crippen LogP contribution in [0.2, 0.25) is 0 Å². The Kier molecular flexibility index (Phi) is 3.83. The van der Waals surface area contributed by atoms with E-state index in [1.54, 1.807) is 0 Å². The third kappa shape index (κ3) is 3.56. The number of rotatable bonds is 2. The van der Waals surface area contributed by atoms with Crippen LogP contribution in [-0.2, 0) is 5.41 Å². The first-order valence-corrected chi connectivity index (χ1v) is 14.3. The summed E-state index contributed by atoms with van der Waals surface area (Å²) in [7, 11) is 2.03. The molecule has 0 saturated heterocycles. The number of hydrogen-bond acceptors (Lipinski definition) is 1. The van der Waals surface area contributed by atoms with Gasteiger partial charge in [0.15, 0.2) is 12.3 Å². The summed E-state index contributed by atoms with van der Waals surface area (Å²) in [4.78, 5) is 0. The maximum absolute atomic E-state index is 8.89. The number of aryl methyl sites for hydroxylation is 1. The molecule has 2 aliphatic heterocycles. The third-order valence-corrected chi connectivity index (χ3v) is 8.79. The van der Waals surface area contributed by atoms with Crippen LogP contribution in [-0.4, -0.2) is 28.0 Å². The molecule has 5 aromatic carbocycles.